The number of morpholine rings is 1. The van der Waals surface area contributed by atoms with Crippen molar-refractivity contribution in [2.45, 2.75) is 13.3 Å². The van der Waals surface area contributed by atoms with Gasteiger partial charge in [-0.05, 0) is 19.1 Å². The first-order valence-electron chi connectivity index (χ1n) is 10.3. The SMILES string of the molecule is CCOC(=O)c1ncn2c1C/C(=C(/N)CN1CCOCC1)N(N)c1cc(OC)ccc1-2. The Labute approximate surface area is 180 Å². The first-order valence-corrected chi connectivity index (χ1v) is 10.3. The summed E-state index contributed by atoms with van der Waals surface area (Å²) in [6, 6.07) is 5.57. The minimum atomic E-state index is -0.470. The molecule has 10 nitrogen and oxygen atoms in total. The fraction of sp³-hybridized carbons (Fsp3) is 0.429. The van der Waals surface area contributed by atoms with Crippen LogP contribution in [-0.4, -0.2) is 67.0 Å². The molecule has 2 aliphatic heterocycles. The van der Waals surface area contributed by atoms with Gasteiger partial charge in [-0.1, -0.05) is 0 Å². The molecule has 0 radical (unpaired) electrons. The number of nitrogens with zero attached hydrogens (tertiary/aromatic N) is 4. The normalized spacial score (nSPS) is 18.1. The number of carbonyl (C=O) groups excluding carboxylic acids is 1. The minimum absolute atomic E-state index is 0.260. The van der Waals surface area contributed by atoms with E-state index in [0.29, 0.717) is 54.7 Å². The maximum absolute atomic E-state index is 12.5. The van der Waals surface area contributed by atoms with Crippen LogP contribution >= 0.6 is 0 Å². The zero-order valence-electron chi connectivity index (χ0n) is 17.8. The molecule has 0 amide bonds. The molecule has 1 aromatic heterocycles. The summed E-state index contributed by atoms with van der Waals surface area (Å²) in [6.07, 6.45) is 1.94. The fourth-order valence-electron chi connectivity index (χ4n) is 3.90. The molecule has 1 aromatic carbocycles. The highest BCUT2D eigenvalue weighted by atomic mass is 16.5. The van der Waals surface area contributed by atoms with Gasteiger partial charge in [0.1, 0.15) is 12.1 Å². The number of carbonyl (C=O) groups is 1. The van der Waals surface area contributed by atoms with Crippen LogP contribution in [0.4, 0.5) is 5.69 Å². The number of ether oxygens (including phenoxy) is 3. The van der Waals surface area contributed by atoms with E-state index in [1.54, 1.807) is 25.4 Å². The van der Waals surface area contributed by atoms with Crippen molar-refractivity contribution in [3.8, 4) is 11.4 Å². The molecule has 31 heavy (non-hydrogen) atoms. The number of methoxy groups -OCH3 is 1. The molecule has 3 heterocycles. The number of imidazole rings is 1. The van der Waals surface area contributed by atoms with Crippen LogP contribution in [0.2, 0.25) is 0 Å². The molecular formula is C21H28N6O4. The molecule has 1 fully saturated rings. The van der Waals surface area contributed by atoms with Crippen molar-refractivity contribution in [3.63, 3.8) is 0 Å². The summed E-state index contributed by atoms with van der Waals surface area (Å²) < 4.78 is 17.9. The van der Waals surface area contributed by atoms with Crippen molar-refractivity contribution < 1.29 is 19.0 Å². The Bertz CT molecular complexity index is 996. The molecule has 0 atom stereocenters. The largest absolute Gasteiger partial charge is 0.497 e. The maximum atomic E-state index is 12.5. The number of aromatic nitrogens is 2. The lowest BCUT2D eigenvalue weighted by molar-refractivity contribution is 0.0420. The van der Waals surface area contributed by atoms with Crippen LogP contribution < -0.4 is 21.3 Å². The van der Waals surface area contributed by atoms with Gasteiger partial charge < -0.3 is 19.9 Å². The summed E-state index contributed by atoms with van der Waals surface area (Å²) in [5, 5.41) is 1.58. The predicted octanol–water partition coefficient (Wildman–Crippen LogP) is 0.796. The number of rotatable bonds is 5. The predicted molar refractivity (Wildman–Crippen MR) is 115 cm³/mol. The Morgan fingerprint density at radius 3 is 2.74 bits per heavy atom. The van der Waals surface area contributed by atoms with Crippen LogP contribution in [0.3, 0.4) is 0 Å². The van der Waals surface area contributed by atoms with E-state index in [9.17, 15) is 4.79 Å². The molecule has 1 saturated heterocycles. The van der Waals surface area contributed by atoms with Gasteiger partial charge in [-0.3, -0.25) is 14.5 Å². The van der Waals surface area contributed by atoms with E-state index < -0.39 is 5.97 Å². The third kappa shape index (κ3) is 4.09. The van der Waals surface area contributed by atoms with Crippen molar-refractivity contribution in [1.82, 2.24) is 14.5 Å². The molecule has 4 rings (SSSR count). The van der Waals surface area contributed by atoms with Crippen LogP contribution in [0, 0.1) is 0 Å². The Kier molecular flexibility index (Phi) is 6.12. The average Bonchev–Trinajstić information content (AvgIpc) is 3.16. The number of hydrogen-bond acceptors (Lipinski definition) is 9. The van der Waals surface area contributed by atoms with Gasteiger partial charge in [0, 0.05) is 37.8 Å². The highest BCUT2D eigenvalue weighted by Crippen LogP contribution is 2.36. The molecule has 0 aliphatic carbocycles. The van der Waals surface area contributed by atoms with E-state index in [1.807, 2.05) is 22.8 Å². The molecule has 0 bridgehead atoms. The molecule has 2 aliphatic rings. The zero-order valence-corrected chi connectivity index (χ0v) is 17.8. The minimum Gasteiger partial charge on any atom is -0.497 e. The number of anilines is 1. The lowest BCUT2D eigenvalue weighted by atomic mass is 10.1. The lowest BCUT2D eigenvalue weighted by Crippen LogP contribution is -2.41. The number of allylic oxidation sites excluding steroid dienone is 1. The number of esters is 1. The van der Waals surface area contributed by atoms with Gasteiger partial charge >= 0.3 is 5.97 Å². The highest BCUT2D eigenvalue weighted by molar-refractivity contribution is 5.89. The van der Waals surface area contributed by atoms with Crippen LogP contribution in [-0.2, 0) is 15.9 Å². The summed E-state index contributed by atoms with van der Waals surface area (Å²) in [7, 11) is 1.60. The fourth-order valence-corrected chi connectivity index (χ4v) is 3.90. The molecule has 0 spiro atoms. The van der Waals surface area contributed by atoms with Crippen LogP contribution in [0.5, 0.6) is 5.75 Å². The number of benzene rings is 1. The van der Waals surface area contributed by atoms with Crippen LogP contribution in [0.15, 0.2) is 35.9 Å². The van der Waals surface area contributed by atoms with E-state index in [1.165, 1.54) is 0 Å². The summed E-state index contributed by atoms with van der Waals surface area (Å²) in [6.45, 7) is 5.54. The van der Waals surface area contributed by atoms with Gasteiger partial charge in [0.15, 0.2) is 5.69 Å². The van der Waals surface area contributed by atoms with Crippen molar-refractivity contribution in [2.75, 3.05) is 51.6 Å². The second kappa shape index (κ2) is 8.96. The quantitative estimate of drug-likeness (QED) is 0.526. The van der Waals surface area contributed by atoms with Crippen LogP contribution in [0.1, 0.15) is 23.1 Å². The Morgan fingerprint density at radius 2 is 2.03 bits per heavy atom. The maximum Gasteiger partial charge on any atom is 0.358 e. The Hall–Kier alpha value is -3.08. The molecule has 10 heteroatoms. The van der Waals surface area contributed by atoms with Gasteiger partial charge in [0.25, 0.3) is 0 Å². The van der Waals surface area contributed by atoms with Crippen molar-refractivity contribution in [1.29, 1.82) is 0 Å². The van der Waals surface area contributed by atoms with Gasteiger partial charge in [-0.15, -0.1) is 0 Å². The Balaban J connectivity index is 1.82. The van der Waals surface area contributed by atoms with Gasteiger partial charge in [-0.25, -0.2) is 15.6 Å². The van der Waals surface area contributed by atoms with Crippen LogP contribution in [0.25, 0.3) is 5.69 Å². The van der Waals surface area contributed by atoms with Crippen molar-refractivity contribution in [2.24, 2.45) is 11.6 Å². The summed E-state index contributed by atoms with van der Waals surface area (Å²) in [4.78, 5) is 19.1. The third-order valence-corrected chi connectivity index (χ3v) is 5.53. The summed E-state index contributed by atoms with van der Waals surface area (Å²) in [5.74, 6) is 6.78. The van der Waals surface area contributed by atoms with Gasteiger partial charge in [0.05, 0.1) is 49.7 Å². The number of hydrazine groups is 1. The van der Waals surface area contributed by atoms with Gasteiger partial charge in [0.2, 0.25) is 0 Å². The zero-order chi connectivity index (χ0) is 22.0. The van der Waals surface area contributed by atoms with Crippen molar-refractivity contribution in [3.05, 3.63) is 47.3 Å². The molecular weight excluding hydrogens is 400 g/mol. The first-order chi connectivity index (χ1) is 15.0. The van der Waals surface area contributed by atoms with Crippen molar-refractivity contribution >= 4 is 11.7 Å². The third-order valence-electron chi connectivity index (χ3n) is 5.53. The number of hydrogen-bond donors (Lipinski definition) is 2. The van der Waals surface area contributed by atoms with E-state index in [4.69, 9.17) is 25.8 Å². The van der Waals surface area contributed by atoms with E-state index in [2.05, 4.69) is 9.88 Å². The topological polar surface area (TPSA) is 121 Å². The van der Waals surface area contributed by atoms with E-state index in [0.717, 1.165) is 18.8 Å². The molecule has 0 unspecified atom stereocenters. The first kappa shape index (κ1) is 21.2. The lowest BCUT2D eigenvalue weighted by Gasteiger charge is -2.29. The molecule has 2 aromatic rings. The van der Waals surface area contributed by atoms with E-state index >= 15 is 0 Å². The van der Waals surface area contributed by atoms with E-state index in [-0.39, 0.29) is 12.3 Å². The molecule has 4 N–H and O–H groups in total. The molecule has 0 saturated carbocycles. The smallest absolute Gasteiger partial charge is 0.358 e. The number of nitrogens with two attached hydrogens (primary N) is 2. The Morgan fingerprint density at radius 1 is 1.26 bits per heavy atom. The number of fused-ring (bicyclic) bond motifs is 3. The standard InChI is InChI=1S/C21H28N6O4/c1-3-31-21(28)20-19-11-17(15(22)12-25-6-8-30-9-7-25)27(23)18-10-14(29-2)4-5-16(18)26(19)13-24-20/h4-5,10,13H,3,6-9,11-12,22-23H2,1-2H3/b17-15-. The summed E-state index contributed by atoms with van der Waals surface area (Å²) >= 11 is 0. The average molecular weight is 428 g/mol. The highest BCUT2D eigenvalue weighted by Gasteiger charge is 2.29. The monoisotopic (exact) mass is 428 g/mol. The molecule has 166 valence electrons. The second-order valence-electron chi connectivity index (χ2n) is 7.39. The summed E-state index contributed by atoms with van der Waals surface area (Å²) in [5.41, 5.74) is 10.3. The second-order valence-corrected chi connectivity index (χ2v) is 7.39. The van der Waals surface area contributed by atoms with Gasteiger partial charge in [-0.2, -0.15) is 0 Å².